The molecule has 0 aliphatic rings. The van der Waals surface area contributed by atoms with Gasteiger partial charge in [-0.3, -0.25) is 4.79 Å². The number of carbonyl (C=O) groups is 1. The lowest BCUT2D eigenvalue weighted by Gasteiger charge is -2.24. The number of aromatic nitrogens is 1. The SMILES string of the molecule is COc1ccc2cccc(C(=O)N(Cc3ccc(OC(F)(F)F)cc3)c3ccc(C(C)C)cc3)c2n1. The Bertz CT molecular complexity index is 1350. The van der Waals surface area contributed by atoms with Gasteiger partial charge in [0.1, 0.15) is 5.75 Å². The number of fused-ring (bicyclic) bond motifs is 1. The number of para-hydroxylation sites is 1. The Kier molecular flexibility index (Phi) is 7.15. The number of rotatable bonds is 7. The van der Waals surface area contributed by atoms with Gasteiger partial charge >= 0.3 is 6.36 Å². The molecule has 5 nitrogen and oxygen atoms in total. The Hall–Kier alpha value is -4.07. The molecule has 0 unspecified atom stereocenters. The smallest absolute Gasteiger partial charge is 0.481 e. The molecule has 1 heterocycles. The van der Waals surface area contributed by atoms with Crippen molar-refractivity contribution in [1.82, 2.24) is 4.98 Å². The van der Waals surface area contributed by atoms with E-state index in [9.17, 15) is 18.0 Å². The highest BCUT2D eigenvalue weighted by atomic mass is 19.4. The maximum absolute atomic E-state index is 13.9. The van der Waals surface area contributed by atoms with Gasteiger partial charge in [0.2, 0.25) is 5.88 Å². The molecule has 0 saturated carbocycles. The summed E-state index contributed by atoms with van der Waals surface area (Å²) < 4.78 is 46.9. The van der Waals surface area contributed by atoms with E-state index in [-0.39, 0.29) is 18.2 Å². The normalized spacial score (nSPS) is 11.5. The summed E-state index contributed by atoms with van der Waals surface area (Å²) >= 11 is 0. The average Bonchev–Trinajstić information content (AvgIpc) is 2.86. The molecule has 4 rings (SSSR count). The molecule has 0 saturated heterocycles. The molecular weight excluding hydrogens is 469 g/mol. The molecule has 0 aliphatic heterocycles. The van der Waals surface area contributed by atoms with Gasteiger partial charge in [-0.15, -0.1) is 13.2 Å². The summed E-state index contributed by atoms with van der Waals surface area (Å²) in [4.78, 5) is 20.0. The third-order valence-corrected chi connectivity index (χ3v) is 5.75. The molecule has 0 fully saturated rings. The number of alkyl halides is 3. The van der Waals surface area contributed by atoms with E-state index >= 15 is 0 Å². The van der Waals surface area contributed by atoms with Crippen LogP contribution in [0.5, 0.6) is 11.6 Å². The molecule has 8 heteroatoms. The Morgan fingerprint density at radius 3 is 2.25 bits per heavy atom. The molecule has 0 atom stereocenters. The van der Waals surface area contributed by atoms with E-state index in [0.717, 1.165) is 10.9 Å². The molecule has 0 spiro atoms. The summed E-state index contributed by atoms with van der Waals surface area (Å²) in [5, 5.41) is 0.783. The highest BCUT2D eigenvalue weighted by Gasteiger charge is 2.31. The number of ether oxygens (including phenoxy) is 2. The van der Waals surface area contributed by atoms with E-state index in [4.69, 9.17) is 4.74 Å². The first kappa shape index (κ1) is 25.0. The molecule has 186 valence electrons. The molecule has 0 N–H and O–H groups in total. The number of pyridine rings is 1. The topological polar surface area (TPSA) is 51.7 Å². The molecule has 3 aromatic carbocycles. The van der Waals surface area contributed by atoms with Crippen molar-refractivity contribution in [1.29, 1.82) is 0 Å². The fourth-order valence-electron chi connectivity index (χ4n) is 3.86. The lowest BCUT2D eigenvalue weighted by Crippen LogP contribution is -2.30. The van der Waals surface area contributed by atoms with Gasteiger partial charge in [0, 0.05) is 17.1 Å². The third kappa shape index (κ3) is 5.76. The largest absolute Gasteiger partial charge is 0.573 e. The van der Waals surface area contributed by atoms with Crippen molar-refractivity contribution in [2.45, 2.75) is 32.7 Å². The highest BCUT2D eigenvalue weighted by Crippen LogP contribution is 2.28. The summed E-state index contributed by atoms with van der Waals surface area (Å²) in [6.07, 6.45) is -4.77. The number of benzene rings is 3. The van der Waals surface area contributed by atoms with Crippen LogP contribution in [-0.2, 0) is 6.54 Å². The third-order valence-electron chi connectivity index (χ3n) is 5.75. The van der Waals surface area contributed by atoms with Gasteiger partial charge in [-0.05, 0) is 53.4 Å². The van der Waals surface area contributed by atoms with Crippen molar-refractivity contribution in [2.24, 2.45) is 0 Å². The number of halogens is 3. The van der Waals surface area contributed by atoms with E-state index in [1.807, 2.05) is 36.4 Å². The second kappa shape index (κ2) is 10.3. The van der Waals surface area contributed by atoms with Crippen LogP contribution in [0.15, 0.2) is 78.9 Å². The Labute approximate surface area is 207 Å². The summed E-state index contributed by atoms with van der Waals surface area (Å²) in [7, 11) is 1.51. The van der Waals surface area contributed by atoms with Gasteiger partial charge in [0.25, 0.3) is 5.91 Å². The van der Waals surface area contributed by atoms with Crippen LogP contribution < -0.4 is 14.4 Å². The fourth-order valence-corrected chi connectivity index (χ4v) is 3.86. The Morgan fingerprint density at radius 1 is 0.944 bits per heavy atom. The fraction of sp³-hybridized carbons (Fsp3) is 0.214. The van der Waals surface area contributed by atoms with Crippen LogP contribution in [-0.4, -0.2) is 24.4 Å². The van der Waals surface area contributed by atoms with Gasteiger partial charge in [0.05, 0.1) is 24.7 Å². The predicted octanol–water partition coefficient (Wildman–Crippen LogP) is 7.11. The van der Waals surface area contributed by atoms with E-state index in [0.29, 0.717) is 34.1 Å². The lowest BCUT2D eigenvalue weighted by atomic mass is 10.0. The van der Waals surface area contributed by atoms with Crippen molar-refractivity contribution in [3.05, 3.63) is 95.6 Å². The number of hydrogen-bond acceptors (Lipinski definition) is 4. The summed E-state index contributed by atoms with van der Waals surface area (Å²) in [6, 6.07) is 22.1. The monoisotopic (exact) mass is 494 g/mol. The molecular formula is C28H25F3N2O3. The number of amides is 1. The van der Waals surface area contributed by atoms with Gasteiger partial charge in [0.15, 0.2) is 0 Å². The van der Waals surface area contributed by atoms with E-state index in [2.05, 4.69) is 23.6 Å². The predicted molar refractivity (Wildman–Crippen MR) is 132 cm³/mol. The molecule has 1 aromatic heterocycles. The van der Waals surface area contributed by atoms with Gasteiger partial charge in [-0.25, -0.2) is 4.98 Å². The number of nitrogens with zero attached hydrogens (tertiary/aromatic N) is 2. The maximum atomic E-state index is 13.9. The molecule has 1 amide bonds. The van der Waals surface area contributed by atoms with Crippen LogP contribution >= 0.6 is 0 Å². The summed E-state index contributed by atoms with van der Waals surface area (Å²) in [5.41, 5.74) is 3.30. The average molecular weight is 495 g/mol. The number of anilines is 1. The van der Waals surface area contributed by atoms with Crippen LogP contribution in [0.2, 0.25) is 0 Å². The van der Waals surface area contributed by atoms with Crippen molar-refractivity contribution in [3.8, 4) is 11.6 Å². The molecule has 0 radical (unpaired) electrons. The second-order valence-corrected chi connectivity index (χ2v) is 8.56. The molecule has 0 aliphatic carbocycles. The number of carbonyl (C=O) groups excluding carboxylic acids is 1. The van der Waals surface area contributed by atoms with Crippen LogP contribution in [0.1, 0.15) is 41.3 Å². The van der Waals surface area contributed by atoms with E-state index < -0.39 is 6.36 Å². The van der Waals surface area contributed by atoms with Crippen molar-refractivity contribution >= 4 is 22.5 Å². The van der Waals surface area contributed by atoms with Gasteiger partial charge < -0.3 is 14.4 Å². The zero-order chi connectivity index (χ0) is 25.9. The first-order valence-electron chi connectivity index (χ1n) is 11.3. The number of methoxy groups -OCH3 is 1. The van der Waals surface area contributed by atoms with E-state index in [1.54, 1.807) is 23.1 Å². The molecule has 0 bridgehead atoms. The van der Waals surface area contributed by atoms with Crippen LogP contribution in [0, 0.1) is 0 Å². The quantitative estimate of drug-likeness (QED) is 0.275. The Balaban J connectivity index is 1.73. The number of hydrogen-bond donors (Lipinski definition) is 0. The standard InChI is InChI=1S/C28H25F3N2O3/c1-18(2)20-9-12-22(13-10-20)33(17-19-7-14-23(15-8-19)36-28(29,30)31)27(34)24-6-4-5-21-11-16-25(35-3)32-26(21)24/h4-16,18H,17H2,1-3H3. The van der Waals surface area contributed by atoms with E-state index in [1.165, 1.54) is 31.4 Å². The van der Waals surface area contributed by atoms with Gasteiger partial charge in [-0.2, -0.15) is 0 Å². The zero-order valence-electron chi connectivity index (χ0n) is 20.0. The van der Waals surface area contributed by atoms with Crippen LogP contribution in [0.4, 0.5) is 18.9 Å². The zero-order valence-corrected chi connectivity index (χ0v) is 20.0. The lowest BCUT2D eigenvalue weighted by molar-refractivity contribution is -0.274. The van der Waals surface area contributed by atoms with Crippen LogP contribution in [0.25, 0.3) is 10.9 Å². The summed E-state index contributed by atoms with van der Waals surface area (Å²) in [5.74, 6) is 0.0833. The Morgan fingerprint density at radius 2 is 1.64 bits per heavy atom. The highest BCUT2D eigenvalue weighted by molar-refractivity contribution is 6.13. The first-order chi connectivity index (χ1) is 17.1. The minimum atomic E-state index is -4.77. The maximum Gasteiger partial charge on any atom is 0.573 e. The minimum Gasteiger partial charge on any atom is -0.481 e. The molecule has 36 heavy (non-hydrogen) atoms. The van der Waals surface area contributed by atoms with Gasteiger partial charge in [-0.1, -0.05) is 50.2 Å². The van der Waals surface area contributed by atoms with Crippen LogP contribution in [0.3, 0.4) is 0 Å². The van der Waals surface area contributed by atoms with Crippen molar-refractivity contribution in [3.63, 3.8) is 0 Å². The van der Waals surface area contributed by atoms with Crippen molar-refractivity contribution in [2.75, 3.05) is 12.0 Å². The second-order valence-electron chi connectivity index (χ2n) is 8.56. The summed E-state index contributed by atoms with van der Waals surface area (Å²) in [6.45, 7) is 4.29. The minimum absolute atomic E-state index is 0.131. The first-order valence-corrected chi connectivity index (χ1v) is 11.3. The molecule has 4 aromatic rings. The van der Waals surface area contributed by atoms with Crippen molar-refractivity contribution < 1.29 is 27.4 Å².